The number of aromatic amines is 1. The van der Waals surface area contributed by atoms with E-state index in [1.807, 2.05) is 6.07 Å². The molecule has 0 atom stereocenters. The minimum Gasteiger partial charge on any atom is -0.490 e. The van der Waals surface area contributed by atoms with Gasteiger partial charge in [-0.05, 0) is 61.0 Å². The number of furan rings is 1. The Morgan fingerprint density at radius 1 is 1.00 bits per heavy atom. The SMILES string of the molecule is CCOc1cc(C=NNC(=O)c2[nH]c3c(Cl)cc(Cl)cc3c2-c2ccccc2Cl)ccc1OC(=O)c1ccco1. The fraction of sp³-hybridized carbons (Fsp3) is 0.0690. The van der Waals surface area contributed by atoms with E-state index in [0.29, 0.717) is 55.0 Å². The summed E-state index contributed by atoms with van der Waals surface area (Å²) in [7, 11) is 0. The van der Waals surface area contributed by atoms with Crippen LogP contribution in [0.5, 0.6) is 11.5 Å². The summed E-state index contributed by atoms with van der Waals surface area (Å²) in [6.07, 6.45) is 2.81. The number of benzene rings is 3. The summed E-state index contributed by atoms with van der Waals surface area (Å²) in [5.74, 6) is -0.590. The first kappa shape index (κ1) is 27.3. The molecular weight excluding hydrogens is 577 g/mol. The first-order chi connectivity index (χ1) is 19.4. The van der Waals surface area contributed by atoms with Gasteiger partial charge in [0.25, 0.3) is 5.91 Å². The van der Waals surface area contributed by atoms with E-state index in [-0.39, 0.29) is 17.2 Å². The summed E-state index contributed by atoms with van der Waals surface area (Å²) in [5.41, 5.74) is 5.03. The molecule has 0 spiro atoms. The average molecular weight is 597 g/mol. The van der Waals surface area contributed by atoms with Gasteiger partial charge in [-0.2, -0.15) is 5.10 Å². The third kappa shape index (κ3) is 5.70. The number of H-pyrrole nitrogens is 1. The zero-order valence-corrected chi connectivity index (χ0v) is 23.1. The van der Waals surface area contributed by atoms with E-state index < -0.39 is 11.9 Å². The fourth-order valence-electron chi connectivity index (χ4n) is 4.06. The van der Waals surface area contributed by atoms with Gasteiger partial charge < -0.3 is 18.9 Å². The molecule has 1 amide bonds. The lowest BCUT2D eigenvalue weighted by molar-refractivity contribution is 0.0695. The predicted molar refractivity (Wildman–Crippen MR) is 155 cm³/mol. The molecule has 0 radical (unpaired) electrons. The second kappa shape index (κ2) is 11.9. The molecule has 0 aliphatic rings. The Balaban J connectivity index is 1.41. The average Bonchev–Trinajstić information content (AvgIpc) is 3.60. The second-order valence-corrected chi connectivity index (χ2v) is 9.62. The third-order valence-electron chi connectivity index (χ3n) is 5.77. The predicted octanol–water partition coefficient (Wildman–Crippen LogP) is 7.77. The molecule has 2 N–H and O–H groups in total. The van der Waals surface area contributed by atoms with Gasteiger partial charge in [0.15, 0.2) is 11.5 Å². The van der Waals surface area contributed by atoms with Crippen molar-refractivity contribution in [2.24, 2.45) is 5.10 Å². The molecule has 202 valence electrons. The molecule has 5 aromatic rings. The maximum Gasteiger partial charge on any atom is 0.379 e. The van der Waals surface area contributed by atoms with E-state index in [1.165, 1.54) is 18.5 Å². The van der Waals surface area contributed by atoms with Gasteiger partial charge in [-0.15, -0.1) is 0 Å². The summed E-state index contributed by atoms with van der Waals surface area (Å²) in [6.45, 7) is 2.13. The molecule has 0 aliphatic heterocycles. The minimum atomic E-state index is -0.659. The first-order valence-electron chi connectivity index (χ1n) is 12.0. The Bertz CT molecular complexity index is 1750. The van der Waals surface area contributed by atoms with Crippen molar-refractivity contribution < 1.29 is 23.5 Å². The Hall–Kier alpha value is -4.24. The van der Waals surface area contributed by atoms with Gasteiger partial charge in [0.1, 0.15) is 5.69 Å². The number of hydrogen-bond acceptors (Lipinski definition) is 6. The Kier molecular flexibility index (Phi) is 8.11. The van der Waals surface area contributed by atoms with E-state index in [1.54, 1.807) is 61.5 Å². The molecular formula is C29H20Cl3N3O5. The van der Waals surface area contributed by atoms with Crippen LogP contribution in [0.2, 0.25) is 15.1 Å². The Labute approximate surface area is 243 Å². The van der Waals surface area contributed by atoms with E-state index in [0.717, 1.165) is 0 Å². The van der Waals surface area contributed by atoms with Gasteiger partial charge in [-0.25, -0.2) is 10.2 Å². The van der Waals surface area contributed by atoms with Crippen LogP contribution in [0, 0.1) is 0 Å². The van der Waals surface area contributed by atoms with Gasteiger partial charge in [-0.3, -0.25) is 4.79 Å². The Morgan fingerprint density at radius 3 is 2.58 bits per heavy atom. The molecule has 8 nitrogen and oxygen atoms in total. The maximum absolute atomic E-state index is 13.3. The van der Waals surface area contributed by atoms with Crippen LogP contribution in [-0.4, -0.2) is 29.7 Å². The molecule has 5 rings (SSSR count). The summed E-state index contributed by atoms with van der Waals surface area (Å²) < 4.78 is 16.1. The van der Waals surface area contributed by atoms with E-state index in [4.69, 9.17) is 48.7 Å². The number of amides is 1. The van der Waals surface area contributed by atoms with Crippen LogP contribution < -0.4 is 14.9 Å². The highest BCUT2D eigenvalue weighted by molar-refractivity contribution is 6.39. The number of hydrazone groups is 1. The molecule has 0 bridgehead atoms. The van der Waals surface area contributed by atoms with Crippen LogP contribution in [0.25, 0.3) is 22.0 Å². The van der Waals surface area contributed by atoms with Gasteiger partial charge in [-0.1, -0.05) is 53.0 Å². The Morgan fingerprint density at radius 2 is 1.82 bits per heavy atom. The number of carbonyl (C=O) groups is 2. The van der Waals surface area contributed by atoms with E-state index in [9.17, 15) is 9.59 Å². The number of esters is 1. The van der Waals surface area contributed by atoms with Crippen LogP contribution in [-0.2, 0) is 0 Å². The van der Waals surface area contributed by atoms with Crippen molar-refractivity contribution in [3.8, 4) is 22.6 Å². The van der Waals surface area contributed by atoms with E-state index >= 15 is 0 Å². The van der Waals surface area contributed by atoms with Crippen molar-refractivity contribution in [3.63, 3.8) is 0 Å². The molecule has 11 heteroatoms. The molecule has 40 heavy (non-hydrogen) atoms. The summed E-state index contributed by atoms with van der Waals surface area (Å²) in [6, 6.07) is 18.4. The minimum absolute atomic E-state index is 0.0625. The maximum atomic E-state index is 13.3. The van der Waals surface area contributed by atoms with Crippen molar-refractivity contribution in [1.82, 2.24) is 10.4 Å². The lowest BCUT2D eigenvalue weighted by Gasteiger charge is -2.10. The summed E-state index contributed by atoms with van der Waals surface area (Å²) in [5, 5.41) is 5.97. The normalized spacial score (nSPS) is 11.2. The standard InChI is InChI=1S/C29H20Cl3N3O5/c1-2-38-24-12-16(9-10-22(24)40-29(37)23-8-5-11-39-23)15-33-35-28(36)27-25(18-6-3-4-7-20(18)31)19-13-17(30)14-21(32)26(19)34-27/h3-15,34H,2H2,1H3,(H,35,36). The first-order valence-corrected chi connectivity index (χ1v) is 13.1. The molecule has 0 saturated carbocycles. The number of fused-ring (bicyclic) bond motifs is 1. The number of halogens is 3. The summed E-state index contributed by atoms with van der Waals surface area (Å²) >= 11 is 19.2. The number of aromatic nitrogens is 1. The quantitative estimate of drug-likeness (QED) is 0.0824. The number of hydrogen-bond donors (Lipinski definition) is 2. The number of ether oxygens (including phenoxy) is 2. The summed E-state index contributed by atoms with van der Waals surface area (Å²) in [4.78, 5) is 28.7. The number of nitrogens with one attached hydrogen (secondary N) is 2. The van der Waals surface area contributed by atoms with Gasteiger partial charge in [0, 0.05) is 26.6 Å². The highest BCUT2D eigenvalue weighted by Gasteiger charge is 2.22. The third-order valence-corrected chi connectivity index (χ3v) is 6.61. The second-order valence-electron chi connectivity index (χ2n) is 8.37. The van der Waals surface area contributed by atoms with Gasteiger partial charge in [0.05, 0.1) is 29.6 Å². The molecule has 2 aromatic heterocycles. The smallest absolute Gasteiger partial charge is 0.379 e. The number of nitrogens with zero attached hydrogens (tertiary/aromatic N) is 1. The zero-order chi connectivity index (χ0) is 28.2. The van der Waals surface area contributed by atoms with E-state index in [2.05, 4.69) is 15.5 Å². The van der Waals surface area contributed by atoms with Gasteiger partial charge in [0.2, 0.25) is 5.76 Å². The molecule has 0 saturated heterocycles. The lowest BCUT2D eigenvalue weighted by Crippen LogP contribution is -2.19. The number of carbonyl (C=O) groups excluding carboxylic acids is 2. The van der Waals surface area contributed by atoms with Crippen LogP contribution in [0.4, 0.5) is 0 Å². The lowest BCUT2D eigenvalue weighted by atomic mass is 10.0. The van der Waals surface area contributed by atoms with Crippen LogP contribution in [0.1, 0.15) is 33.5 Å². The van der Waals surface area contributed by atoms with Crippen molar-refractivity contribution in [1.29, 1.82) is 0 Å². The molecule has 2 heterocycles. The monoisotopic (exact) mass is 595 g/mol. The highest BCUT2D eigenvalue weighted by atomic mass is 35.5. The highest BCUT2D eigenvalue weighted by Crippen LogP contribution is 2.40. The van der Waals surface area contributed by atoms with Gasteiger partial charge >= 0.3 is 5.97 Å². The van der Waals surface area contributed by atoms with Crippen LogP contribution in [0.3, 0.4) is 0 Å². The topological polar surface area (TPSA) is 106 Å². The van der Waals surface area contributed by atoms with Crippen molar-refractivity contribution in [2.45, 2.75) is 6.92 Å². The molecule has 3 aromatic carbocycles. The number of rotatable bonds is 8. The molecule has 0 aliphatic carbocycles. The zero-order valence-electron chi connectivity index (χ0n) is 20.8. The fourth-order valence-corrected chi connectivity index (χ4v) is 4.83. The molecule has 0 fully saturated rings. The van der Waals surface area contributed by atoms with Crippen molar-refractivity contribution in [3.05, 3.63) is 105 Å². The van der Waals surface area contributed by atoms with Crippen molar-refractivity contribution in [2.75, 3.05) is 6.61 Å². The van der Waals surface area contributed by atoms with Crippen molar-refractivity contribution >= 4 is 63.8 Å². The van der Waals surface area contributed by atoms with Crippen LogP contribution in [0.15, 0.2) is 82.5 Å². The molecule has 0 unspecified atom stereocenters. The largest absolute Gasteiger partial charge is 0.490 e. The van der Waals surface area contributed by atoms with Crippen LogP contribution >= 0.6 is 34.8 Å².